The third kappa shape index (κ3) is 32.6. The molecular formula is C40H104F4O12P4S8. The minimum atomic E-state index is -4.43. The first-order valence-corrected chi connectivity index (χ1v) is 47.6. The smallest absolute Gasteiger partial charge is 0.234 e. The van der Waals surface area contributed by atoms with E-state index in [1.165, 1.54) is 0 Å². The van der Waals surface area contributed by atoms with Gasteiger partial charge in [-0.05, 0) is 142 Å². The second-order valence-electron chi connectivity index (χ2n) is 16.4. The van der Waals surface area contributed by atoms with Gasteiger partial charge in [0, 0.05) is 0 Å². The van der Waals surface area contributed by atoms with E-state index in [2.05, 4.69) is 0 Å². The van der Waals surface area contributed by atoms with Crippen molar-refractivity contribution < 1.29 is 66.8 Å². The predicted octanol–water partition coefficient (Wildman–Crippen LogP) is 19.5. The molecule has 12 nitrogen and oxygen atoms in total. The first-order valence-electron chi connectivity index (χ1n) is 23.4. The van der Waals surface area contributed by atoms with Gasteiger partial charge < -0.3 is 0 Å². The van der Waals surface area contributed by atoms with Crippen LogP contribution in [0.2, 0.25) is 0 Å². The molecule has 432 valence electrons. The Morgan fingerprint density at radius 1 is 0.221 bits per heavy atom. The molecule has 0 aliphatic carbocycles. The third-order valence-electron chi connectivity index (χ3n) is 11.9. The van der Waals surface area contributed by atoms with Gasteiger partial charge in [-0.3, -0.25) is 0 Å². The molecule has 0 saturated carbocycles. The zero-order valence-corrected chi connectivity index (χ0v) is 56.9. The molecule has 0 unspecified atom stereocenters. The molecule has 0 spiro atoms. The molecule has 0 fully saturated rings. The quantitative estimate of drug-likeness (QED) is 0.0467. The van der Waals surface area contributed by atoms with Crippen LogP contribution in [0.1, 0.15) is 111 Å². The van der Waals surface area contributed by atoms with Crippen molar-refractivity contribution >= 4 is 114 Å². The van der Waals surface area contributed by atoms with Crippen LogP contribution in [0, 0.1) is 0 Å². The Labute approximate surface area is 430 Å². The predicted molar refractivity (Wildman–Crippen MR) is 320 cm³/mol. The minimum absolute atomic E-state index is 0.686. The number of halogens is 4. The third-order valence-corrected chi connectivity index (χ3v) is 48.7. The van der Waals surface area contributed by atoms with Crippen molar-refractivity contribution in [3.63, 3.8) is 0 Å². The summed E-state index contributed by atoms with van der Waals surface area (Å²) in [5.41, 5.74) is 0. The summed E-state index contributed by atoms with van der Waals surface area (Å²) in [4.78, 5) is 0. The van der Waals surface area contributed by atoms with E-state index in [4.69, 9.17) is 31.8 Å². The van der Waals surface area contributed by atoms with Gasteiger partial charge in [-0.25, -0.2) is 50.0 Å². The van der Waals surface area contributed by atoms with E-state index in [0.717, 1.165) is 0 Å². The zero-order chi connectivity index (χ0) is 55.0. The van der Waals surface area contributed by atoms with E-state index in [1.54, 1.807) is 0 Å². The van der Waals surface area contributed by atoms with E-state index in [9.17, 15) is 35.0 Å². The van der Waals surface area contributed by atoms with E-state index >= 15 is 0 Å². The van der Waals surface area contributed by atoms with Gasteiger partial charge in [-0.15, -0.1) is 99.3 Å². The van der Waals surface area contributed by atoms with Gasteiger partial charge in [-0.1, -0.05) is 111 Å². The zero-order valence-electron chi connectivity index (χ0n) is 46.8. The Bertz CT molecular complexity index is 1250. The molecule has 0 bridgehead atoms. The molecule has 0 atom stereocenters. The highest BCUT2D eigenvalue weighted by Gasteiger charge is 2.40. The fraction of sp³-hybridized carbons (Fsp3) is 1.00. The molecule has 0 rings (SSSR count). The van der Waals surface area contributed by atoms with Crippen LogP contribution >= 0.6 is 114 Å². The van der Waals surface area contributed by atoms with Gasteiger partial charge >= 0.3 is 31.6 Å². The van der Waals surface area contributed by atoms with Gasteiger partial charge in [0.25, 0.3) is 0 Å². The monoisotopic (exact) mass is 1230 g/mol. The van der Waals surface area contributed by atoms with Crippen molar-refractivity contribution in [2.75, 3.05) is 142 Å². The summed E-state index contributed by atoms with van der Waals surface area (Å²) in [6.45, 7) is 30.7. The lowest BCUT2D eigenvalue weighted by atomic mass is 11.0. The number of hydrogen-bond donors (Lipinski definition) is 0. The van der Waals surface area contributed by atoms with E-state index in [0.29, 0.717) is 92.0 Å². The van der Waals surface area contributed by atoms with Crippen molar-refractivity contribution in [3.8, 4) is 0 Å². The summed E-state index contributed by atoms with van der Waals surface area (Å²) >= 11 is 0. The van der Waals surface area contributed by atoms with Crippen LogP contribution in [0.15, 0.2) is 0 Å². The van der Waals surface area contributed by atoms with E-state index in [1.807, 2.05) is 161 Å². The molecule has 0 aromatic rings. The maximum atomic E-state index is 14.0. The van der Waals surface area contributed by atoms with Crippen molar-refractivity contribution in [2.24, 2.45) is 0 Å². The van der Waals surface area contributed by atoms with E-state index in [-0.39, 0.29) is 0 Å². The van der Waals surface area contributed by atoms with Crippen LogP contribution in [-0.2, 0) is 50.0 Å². The Morgan fingerprint density at radius 3 is 0.324 bits per heavy atom. The summed E-state index contributed by atoms with van der Waals surface area (Å²) in [5, 5.41) is 0. The maximum Gasteiger partial charge on any atom is 0.532 e. The van der Waals surface area contributed by atoms with E-state index < -0.39 is 114 Å². The average molecular weight is 1230 g/mol. The standard InChI is InChI=1S/4C10H26FO3PS2/c4*1-7-16(5,8-2)13-15(11,12)14-17(6,9-3)10-4/h4*7-10H2,1-6H3. The van der Waals surface area contributed by atoms with Gasteiger partial charge in [0.2, 0.25) is 0 Å². The second-order valence-corrected chi connectivity index (χ2v) is 52.8. The van der Waals surface area contributed by atoms with Crippen LogP contribution in [0.3, 0.4) is 0 Å². The topological polar surface area (TPSA) is 142 Å². The molecule has 0 aromatic carbocycles. The van der Waals surface area contributed by atoms with Crippen LogP contribution in [-0.4, -0.2) is 142 Å². The molecule has 0 amide bonds. The molecule has 0 aromatic heterocycles. The normalized spacial score (nSPS) is 15.9. The summed E-state index contributed by atoms with van der Waals surface area (Å²) in [5.74, 6) is 11.0. The Balaban J connectivity index is -0.000000402. The van der Waals surface area contributed by atoms with Crippen molar-refractivity contribution in [2.45, 2.75) is 111 Å². The lowest BCUT2D eigenvalue weighted by Crippen LogP contribution is -2.10. The first-order chi connectivity index (χ1) is 30.6. The highest BCUT2D eigenvalue weighted by molar-refractivity contribution is 8.35. The first kappa shape index (κ1) is 77.6. The number of hydrogen-bond acceptors (Lipinski definition) is 12. The minimum Gasteiger partial charge on any atom is -0.234 e. The van der Waals surface area contributed by atoms with Crippen LogP contribution in [0.4, 0.5) is 16.8 Å². The molecule has 0 saturated heterocycles. The Hall–Kier alpha value is 3.12. The van der Waals surface area contributed by atoms with Crippen LogP contribution in [0.5, 0.6) is 0 Å². The molecule has 0 N–H and O–H groups in total. The summed E-state index contributed by atoms with van der Waals surface area (Å²) < 4.78 is 145. The fourth-order valence-corrected chi connectivity index (χ4v) is 29.3. The molecule has 28 heteroatoms. The highest BCUT2D eigenvalue weighted by Crippen LogP contribution is 2.74. The lowest BCUT2D eigenvalue weighted by molar-refractivity contribution is 0.365. The fourth-order valence-electron chi connectivity index (χ4n) is 4.25. The van der Waals surface area contributed by atoms with Gasteiger partial charge in [0.05, 0.1) is 0 Å². The lowest BCUT2D eigenvalue weighted by Gasteiger charge is -2.38. The van der Waals surface area contributed by atoms with Gasteiger partial charge in [0.15, 0.2) is 0 Å². The number of rotatable bonds is 32. The molecule has 0 aliphatic rings. The Kier molecular flexibility index (Phi) is 38.9. The molecule has 0 heterocycles. The van der Waals surface area contributed by atoms with Crippen molar-refractivity contribution in [1.82, 2.24) is 0 Å². The molecule has 0 radical (unpaired) electrons. The van der Waals surface area contributed by atoms with Crippen molar-refractivity contribution in [1.29, 1.82) is 0 Å². The highest BCUT2D eigenvalue weighted by atomic mass is 32.3. The van der Waals surface area contributed by atoms with Gasteiger partial charge in [0.1, 0.15) is 0 Å². The molecule has 0 aliphatic heterocycles. The summed E-state index contributed by atoms with van der Waals surface area (Å²) in [7, 11) is -30.6. The molecular weight excluding hydrogens is 1130 g/mol. The maximum absolute atomic E-state index is 14.0. The Morgan fingerprint density at radius 2 is 0.279 bits per heavy atom. The van der Waals surface area contributed by atoms with Crippen molar-refractivity contribution in [3.05, 3.63) is 0 Å². The van der Waals surface area contributed by atoms with Crippen LogP contribution < -0.4 is 0 Å². The average Bonchev–Trinajstić information content (AvgIpc) is 3.27. The largest absolute Gasteiger partial charge is 0.532 e. The van der Waals surface area contributed by atoms with Gasteiger partial charge in [-0.2, -0.15) is 0 Å². The van der Waals surface area contributed by atoms with Crippen LogP contribution in [0.25, 0.3) is 0 Å². The molecule has 68 heavy (non-hydrogen) atoms. The summed E-state index contributed by atoms with van der Waals surface area (Å²) in [6, 6.07) is 0. The summed E-state index contributed by atoms with van der Waals surface area (Å²) in [6.07, 6.45) is 14.7. The second kappa shape index (κ2) is 34.1. The SMILES string of the molecule is CCS(C)(CC)OP(=O)(F)OS(C)(CC)CC.CCS(C)(CC)OP(=O)(F)OS(C)(CC)CC.CCS(C)(CC)OP(=O)(F)OS(C)(CC)CC.CCS(C)(CC)OP(=O)(F)OS(C)(CC)CC.